The molecule has 1 heterocycles. The predicted octanol–water partition coefficient (Wildman–Crippen LogP) is 22.2. The van der Waals surface area contributed by atoms with E-state index < -0.39 is 0 Å². The average Bonchev–Trinajstić information content (AvgIpc) is 4.10. The lowest BCUT2D eigenvalue weighted by Crippen LogP contribution is -2.14. The van der Waals surface area contributed by atoms with E-state index in [4.69, 9.17) is 0 Å². The predicted molar refractivity (Wildman–Crippen MR) is 351 cm³/mol. The summed E-state index contributed by atoms with van der Waals surface area (Å²) in [4.78, 5) is 2.46. The minimum absolute atomic E-state index is 0.139. The fourth-order valence-electron chi connectivity index (χ4n) is 13.0. The maximum Gasteiger partial charge on any atom is 0.0547 e. The van der Waals surface area contributed by atoms with Crippen LogP contribution in [0, 0.1) is 0 Å². The summed E-state index contributed by atoms with van der Waals surface area (Å²) in [5.41, 5.74) is 28.2. The van der Waals surface area contributed by atoms with E-state index >= 15 is 0 Å². The number of anilines is 3. The number of hydrogen-bond acceptors (Lipinski definition) is 1. The fraction of sp³-hybridized carbons (Fsp3) is 0.0370. The molecule has 2 nitrogen and oxygen atoms in total. The van der Waals surface area contributed by atoms with Crippen LogP contribution in [0.1, 0.15) is 25.0 Å². The van der Waals surface area contributed by atoms with E-state index in [1.165, 1.54) is 66.3 Å². The number of para-hydroxylation sites is 2. The van der Waals surface area contributed by atoms with Crippen molar-refractivity contribution in [1.29, 1.82) is 0 Å². The lowest BCUT2D eigenvalue weighted by atomic mass is 9.81. The van der Waals surface area contributed by atoms with Crippen molar-refractivity contribution in [3.63, 3.8) is 0 Å². The molecule has 83 heavy (non-hydrogen) atoms. The van der Waals surface area contributed by atoms with Gasteiger partial charge in [-0.1, -0.05) is 232 Å². The van der Waals surface area contributed by atoms with Crippen molar-refractivity contribution in [1.82, 2.24) is 4.57 Å². The van der Waals surface area contributed by atoms with Crippen molar-refractivity contribution in [2.45, 2.75) is 19.3 Å². The number of rotatable bonds is 11. The van der Waals surface area contributed by atoms with Gasteiger partial charge in [0.1, 0.15) is 0 Å². The van der Waals surface area contributed by atoms with Crippen molar-refractivity contribution in [3.8, 4) is 94.7 Å². The van der Waals surface area contributed by atoms with Gasteiger partial charge in [0.2, 0.25) is 0 Å². The fourth-order valence-corrected chi connectivity index (χ4v) is 13.0. The summed E-state index contributed by atoms with van der Waals surface area (Å²) < 4.78 is 2.42. The van der Waals surface area contributed by atoms with Crippen molar-refractivity contribution in [3.05, 3.63) is 327 Å². The van der Waals surface area contributed by atoms with Crippen molar-refractivity contribution in [2.75, 3.05) is 4.90 Å². The normalized spacial score (nSPS) is 12.3. The van der Waals surface area contributed by atoms with Crippen LogP contribution in [0.4, 0.5) is 17.1 Å². The maximum absolute atomic E-state index is 2.46. The van der Waals surface area contributed by atoms with Gasteiger partial charge in [0.25, 0.3) is 0 Å². The van der Waals surface area contributed by atoms with Crippen LogP contribution in [0.2, 0.25) is 0 Å². The van der Waals surface area contributed by atoms with Gasteiger partial charge in [-0.15, -0.1) is 0 Å². The third-order valence-electron chi connectivity index (χ3n) is 17.1. The van der Waals surface area contributed by atoms with E-state index in [-0.39, 0.29) is 5.41 Å². The molecule has 0 saturated carbocycles. The first-order valence-electron chi connectivity index (χ1n) is 28.8. The zero-order valence-corrected chi connectivity index (χ0v) is 46.4. The van der Waals surface area contributed by atoms with Crippen LogP contribution in [-0.2, 0) is 5.41 Å². The highest BCUT2D eigenvalue weighted by atomic mass is 15.1. The summed E-state index contributed by atoms with van der Waals surface area (Å²) in [5, 5.41) is 2.47. The summed E-state index contributed by atoms with van der Waals surface area (Å²) in [6, 6.07) is 116. The molecule has 1 aliphatic carbocycles. The first-order valence-corrected chi connectivity index (χ1v) is 28.8. The van der Waals surface area contributed by atoms with E-state index in [1.807, 2.05) is 0 Å². The molecule has 0 saturated heterocycles. The lowest BCUT2D eigenvalue weighted by molar-refractivity contribution is 0.660. The monoisotopic (exact) mass is 1060 g/mol. The van der Waals surface area contributed by atoms with Crippen LogP contribution in [0.3, 0.4) is 0 Å². The molecule has 1 aliphatic rings. The Morgan fingerprint density at radius 2 is 0.651 bits per heavy atom. The Kier molecular flexibility index (Phi) is 12.2. The van der Waals surface area contributed by atoms with Crippen molar-refractivity contribution in [2.24, 2.45) is 0 Å². The van der Waals surface area contributed by atoms with Gasteiger partial charge in [0.15, 0.2) is 0 Å². The van der Waals surface area contributed by atoms with E-state index in [2.05, 4.69) is 339 Å². The standard InChI is InChI=1S/C81H58N2/c1-81(2)76-36-20-18-33-73(76)74-44-41-60(54-77(74)81)62-45-61(48-67(49-62)72-35-22-38-79-80(72)75-34-19-21-37-78(75)83(79)68-31-16-7-17-32-68)59-39-42-69(43-40-59)82(70-50-63(55-23-8-3-9-24-55)46-64(51-70)56-25-10-4-11-26-56)71-52-65(57-27-12-5-13-28-57)47-66(53-71)58-29-14-6-15-30-58/h3-54H,1-2H3. The molecule has 392 valence electrons. The lowest BCUT2D eigenvalue weighted by Gasteiger charge is -2.28. The first-order chi connectivity index (χ1) is 40.9. The summed E-state index contributed by atoms with van der Waals surface area (Å²) >= 11 is 0. The topological polar surface area (TPSA) is 8.17 Å². The SMILES string of the molecule is CC1(C)c2ccccc2-c2ccc(-c3cc(-c4ccc(N(c5cc(-c6ccccc6)cc(-c6ccccc6)c5)c5cc(-c6ccccc6)cc(-c6ccccc6)c5)cc4)cc(-c4cccc5c4c4ccccc4n5-c4ccccc4)c3)cc21. The van der Waals surface area contributed by atoms with Gasteiger partial charge in [0.05, 0.1) is 11.0 Å². The Labute approximate surface area is 486 Å². The van der Waals surface area contributed by atoms with Gasteiger partial charge in [-0.25, -0.2) is 0 Å². The van der Waals surface area contributed by atoms with Crippen LogP contribution >= 0.6 is 0 Å². The number of benzene rings is 13. The van der Waals surface area contributed by atoms with Gasteiger partial charge in [0, 0.05) is 38.9 Å². The van der Waals surface area contributed by atoms with Crippen LogP contribution in [-0.4, -0.2) is 4.57 Å². The number of nitrogens with zero attached hydrogens (tertiary/aromatic N) is 2. The van der Waals surface area contributed by atoms with Crippen molar-refractivity contribution >= 4 is 38.9 Å². The Morgan fingerprint density at radius 3 is 1.20 bits per heavy atom. The Bertz CT molecular complexity index is 4470. The molecule has 0 fully saturated rings. The molecule has 15 rings (SSSR count). The van der Waals surface area contributed by atoms with Gasteiger partial charge < -0.3 is 9.47 Å². The average molecular weight is 1060 g/mol. The molecule has 0 atom stereocenters. The van der Waals surface area contributed by atoms with E-state index in [0.29, 0.717) is 0 Å². The molecule has 1 aromatic heterocycles. The molecule has 0 spiro atoms. The van der Waals surface area contributed by atoms with Crippen LogP contribution in [0.5, 0.6) is 0 Å². The molecule has 0 amide bonds. The molecule has 0 bridgehead atoms. The summed E-state index contributed by atoms with van der Waals surface area (Å²) in [5.74, 6) is 0. The zero-order valence-electron chi connectivity index (χ0n) is 46.4. The molecule has 0 N–H and O–H groups in total. The van der Waals surface area contributed by atoms with Gasteiger partial charge in [-0.05, 0) is 197 Å². The minimum Gasteiger partial charge on any atom is -0.310 e. The number of aromatic nitrogens is 1. The highest BCUT2D eigenvalue weighted by molar-refractivity contribution is 6.16. The molecule has 0 radical (unpaired) electrons. The van der Waals surface area contributed by atoms with Crippen molar-refractivity contribution < 1.29 is 0 Å². The number of fused-ring (bicyclic) bond motifs is 6. The molecule has 0 unspecified atom stereocenters. The second-order valence-electron chi connectivity index (χ2n) is 22.5. The third-order valence-corrected chi connectivity index (χ3v) is 17.1. The molecule has 0 aliphatic heterocycles. The second-order valence-corrected chi connectivity index (χ2v) is 22.5. The molecule has 2 heteroatoms. The first kappa shape index (κ1) is 49.5. The highest BCUT2D eigenvalue weighted by Crippen LogP contribution is 2.51. The smallest absolute Gasteiger partial charge is 0.0547 e. The summed E-state index contributed by atoms with van der Waals surface area (Å²) in [6.45, 7) is 4.75. The van der Waals surface area contributed by atoms with E-state index in [9.17, 15) is 0 Å². The maximum atomic E-state index is 2.46. The highest BCUT2D eigenvalue weighted by Gasteiger charge is 2.35. The molecular weight excluding hydrogens is 1000 g/mol. The molecule has 13 aromatic carbocycles. The van der Waals surface area contributed by atoms with E-state index in [0.717, 1.165) is 78.4 Å². The van der Waals surface area contributed by atoms with Gasteiger partial charge >= 0.3 is 0 Å². The van der Waals surface area contributed by atoms with Gasteiger partial charge in [-0.3, -0.25) is 0 Å². The summed E-state index contributed by atoms with van der Waals surface area (Å²) in [7, 11) is 0. The Morgan fingerprint density at radius 1 is 0.253 bits per heavy atom. The second kappa shape index (κ2) is 20.5. The van der Waals surface area contributed by atoms with Crippen LogP contribution < -0.4 is 4.90 Å². The minimum atomic E-state index is -0.139. The van der Waals surface area contributed by atoms with Crippen LogP contribution in [0.25, 0.3) is 117 Å². The third kappa shape index (κ3) is 8.93. The van der Waals surface area contributed by atoms with E-state index in [1.54, 1.807) is 0 Å². The Balaban J connectivity index is 0.937. The zero-order chi connectivity index (χ0) is 55.4. The largest absolute Gasteiger partial charge is 0.310 e. The Hall–Kier alpha value is -10.5. The molecular formula is C81H58N2. The molecule has 14 aromatic rings. The van der Waals surface area contributed by atoms with Crippen LogP contribution in [0.15, 0.2) is 315 Å². The number of hydrogen-bond donors (Lipinski definition) is 0. The summed E-state index contributed by atoms with van der Waals surface area (Å²) in [6.07, 6.45) is 0. The quantitative estimate of drug-likeness (QED) is 0.125. The van der Waals surface area contributed by atoms with Gasteiger partial charge in [-0.2, -0.15) is 0 Å².